The number of aryl methyl sites for hydroxylation is 1. The zero-order chi connectivity index (χ0) is 16.1. The molecule has 0 spiro atoms. The Labute approximate surface area is 135 Å². The zero-order valence-electron chi connectivity index (χ0n) is 13.3. The molecule has 1 amide bonds. The third kappa shape index (κ3) is 3.85. The van der Waals surface area contributed by atoms with Gasteiger partial charge < -0.3 is 4.90 Å². The van der Waals surface area contributed by atoms with Gasteiger partial charge in [-0.1, -0.05) is 48.6 Å². The Balaban J connectivity index is 2.18. The Kier molecular flexibility index (Phi) is 5.55. The first-order valence-electron chi connectivity index (χ1n) is 7.51. The number of benzene rings is 1. The van der Waals surface area contributed by atoms with Crippen LogP contribution in [0.25, 0.3) is 0 Å². The average molecular weight is 318 g/mol. The van der Waals surface area contributed by atoms with E-state index < -0.39 is 0 Å². The van der Waals surface area contributed by atoms with Crippen molar-refractivity contribution in [2.24, 2.45) is 0 Å². The summed E-state index contributed by atoms with van der Waals surface area (Å²) in [6, 6.07) is 10.1. The van der Waals surface area contributed by atoms with Gasteiger partial charge in [0.2, 0.25) is 5.91 Å². The largest absolute Gasteiger partial charge is 0.334 e. The molecule has 22 heavy (non-hydrogen) atoms. The lowest BCUT2D eigenvalue weighted by Crippen LogP contribution is -2.41. The molecule has 0 radical (unpaired) electrons. The van der Waals surface area contributed by atoms with Crippen LogP contribution in [0.5, 0.6) is 0 Å². The normalized spacial score (nSPS) is 12.1. The number of aromatic nitrogens is 1. The number of carbonyl (C=O) groups excluding carboxylic acids is 1. The first-order chi connectivity index (χ1) is 10.5. The smallest absolute Gasteiger partial charge is 0.307 e. The monoisotopic (exact) mass is 318 g/mol. The molecule has 2 rings (SSSR count). The molecule has 2 aromatic rings. The van der Waals surface area contributed by atoms with E-state index >= 15 is 0 Å². The summed E-state index contributed by atoms with van der Waals surface area (Å²) in [5, 5.41) is 1.79. The second-order valence-electron chi connectivity index (χ2n) is 5.49. The van der Waals surface area contributed by atoms with Crippen LogP contribution in [-0.4, -0.2) is 21.4 Å². The van der Waals surface area contributed by atoms with Crippen molar-refractivity contribution in [2.75, 3.05) is 0 Å². The van der Waals surface area contributed by atoms with E-state index in [0.717, 1.165) is 29.0 Å². The van der Waals surface area contributed by atoms with Crippen molar-refractivity contribution in [3.05, 3.63) is 56.6 Å². The van der Waals surface area contributed by atoms with Gasteiger partial charge in [0.15, 0.2) is 0 Å². The number of amides is 1. The molecular formula is C17H22N2O2S. The van der Waals surface area contributed by atoms with Crippen LogP contribution in [-0.2, 0) is 17.9 Å². The number of nitrogens with zero attached hydrogens (tertiary/aromatic N) is 2. The summed E-state index contributed by atoms with van der Waals surface area (Å²) < 4.78 is 1.55. The molecule has 0 fully saturated rings. The molecule has 1 aromatic carbocycles. The van der Waals surface area contributed by atoms with Gasteiger partial charge in [0.1, 0.15) is 6.54 Å². The van der Waals surface area contributed by atoms with Crippen molar-refractivity contribution < 1.29 is 4.79 Å². The summed E-state index contributed by atoms with van der Waals surface area (Å²) in [5.74, 6) is -0.0122. The number of hydrogen-bond donors (Lipinski definition) is 0. The van der Waals surface area contributed by atoms with Gasteiger partial charge in [-0.25, -0.2) is 0 Å². The molecule has 0 aliphatic heterocycles. The summed E-state index contributed by atoms with van der Waals surface area (Å²) in [4.78, 5) is 26.3. The fourth-order valence-corrected chi connectivity index (χ4v) is 3.05. The highest BCUT2D eigenvalue weighted by atomic mass is 32.1. The molecule has 4 nitrogen and oxygen atoms in total. The van der Waals surface area contributed by atoms with E-state index in [9.17, 15) is 9.59 Å². The van der Waals surface area contributed by atoms with Crippen molar-refractivity contribution in [3.63, 3.8) is 0 Å². The molecule has 1 heterocycles. The predicted octanol–water partition coefficient (Wildman–Crippen LogP) is 3.05. The Morgan fingerprint density at radius 2 is 2.00 bits per heavy atom. The Bertz CT molecular complexity index is 675. The van der Waals surface area contributed by atoms with Crippen LogP contribution in [0.4, 0.5) is 0 Å². The van der Waals surface area contributed by atoms with Gasteiger partial charge in [0.05, 0.1) is 0 Å². The van der Waals surface area contributed by atoms with Crippen molar-refractivity contribution >= 4 is 17.2 Å². The van der Waals surface area contributed by atoms with E-state index in [0.29, 0.717) is 6.54 Å². The van der Waals surface area contributed by atoms with Gasteiger partial charge in [0.25, 0.3) is 0 Å². The van der Waals surface area contributed by atoms with Gasteiger partial charge in [-0.3, -0.25) is 14.2 Å². The van der Waals surface area contributed by atoms with Gasteiger partial charge in [-0.2, -0.15) is 0 Å². The molecule has 0 aliphatic rings. The molecule has 0 N–H and O–H groups in total. The first kappa shape index (κ1) is 16.5. The van der Waals surface area contributed by atoms with Gasteiger partial charge in [-0.05, 0) is 25.8 Å². The van der Waals surface area contributed by atoms with E-state index in [-0.39, 0.29) is 23.4 Å². The van der Waals surface area contributed by atoms with E-state index in [4.69, 9.17) is 0 Å². The van der Waals surface area contributed by atoms with Crippen molar-refractivity contribution in [3.8, 4) is 0 Å². The summed E-state index contributed by atoms with van der Waals surface area (Å²) >= 11 is 1.14. The molecule has 5 heteroatoms. The van der Waals surface area contributed by atoms with Crippen LogP contribution in [0.1, 0.15) is 31.5 Å². The number of carbonyl (C=O) groups is 1. The van der Waals surface area contributed by atoms with Crippen molar-refractivity contribution in [2.45, 2.75) is 46.3 Å². The maximum absolute atomic E-state index is 12.7. The van der Waals surface area contributed by atoms with Crippen LogP contribution in [0.3, 0.4) is 0 Å². The summed E-state index contributed by atoms with van der Waals surface area (Å²) in [7, 11) is 0. The van der Waals surface area contributed by atoms with E-state index in [1.807, 2.05) is 49.1 Å². The van der Waals surface area contributed by atoms with Crippen molar-refractivity contribution in [1.29, 1.82) is 0 Å². The van der Waals surface area contributed by atoms with Crippen LogP contribution in [0, 0.1) is 6.92 Å². The van der Waals surface area contributed by atoms with Crippen LogP contribution in [0.2, 0.25) is 0 Å². The Morgan fingerprint density at radius 3 is 2.55 bits per heavy atom. The molecule has 0 saturated heterocycles. The number of thiazole rings is 1. The molecule has 118 valence electrons. The minimum absolute atomic E-state index is 0.0122. The van der Waals surface area contributed by atoms with Crippen molar-refractivity contribution in [1.82, 2.24) is 9.47 Å². The van der Waals surface area contributed by atoms with Gasteiger partial charge >= 0.3 is 4.87 Å². The maximum atomic E-state index is 12.7. The zero-order valence-corrected chi connectivity index (χ0v) is 14.1. The number of rotatable bonds is 6. The predicted molar refractivity (Wildman–Crippen MR) is 90.1 cm³/mol. The highest BCUT2D eigenvalue weighted by Gasteiger charge is 2.20. The van der Waals surface area contributed by atoms with E-state index in [1.54, 1.807) is 9.95 Å². The minimum Gasteiger partial charge on any atom is -0.334 e. The van der Waals surface area contributed by atoms with Gasteiger partial charge in [0, 0.05) is 23.7 Å². The highest BCUT2D eigenvalue weighted by Crippen LogP contribution is 2.12. The fourth-order valence-electron chi connectivity index (χ4n) is 2.31. The second-order valence-corrected chi connectivity index (χ2v) is 6.31. The lowest BCUT2D eigenvalue weighted by atomic mass is 10.1. The summed E-state index contributed by atoms with van der Waals surface area (Å²) in [6.07, 6.45) is 0.885. The van der Waals surface area contributed by atoms with E-state index in [1.165, 1.54) is 0 Å². The average Bonchev–Trinajstić information content (AvgIpc) is 2.84. The van der Waals surface area contributed by atoms with Crippen LogP contribution in [0.15, 0.2) is 40.5 Å². The minimum atomic E-state index is -0.0744. The molecule has 1 aromatic heterocycles. The molecule has 1 atom stereocenters. The summed E-state index contributed by atoms with van der Waals surface area (Å²) in [6.45, 7) is 6.66. The summed E-state index contributed by atoms with van der Waals surface area (Å²) in [5.41, 5.74) is 1.94. The van der Waals surface area contributed by atoms with Crippen LogP contribution >= 0.6 is 11.3 Å². The van der Waals surface area contributed by atoms with E-state index in [2.05, 4.69) is 6.92 Å². The SMILES string of the molecule is CCC(C)N(Cc1ccccc1)C(=O)Cn1c(C)csc1=O. The fraction of sp³-hybridized carbons (Fsp3) is 0.412. The Morgan fingerprint density at radius 1 is 1.32 bits per heavy atom. The standard InChI is InChI=1S/C17H22N2O2S/c1-4-13(2)18(10-15-8-6-5-7-9-15)16(20)11-19-14(3)12-22-17(19)21/h5-9,12-13H,4,10-11H2,1-3H3. The van der Waals surface area contributed by atoms with Gasteiger partial charge in [-0.15, -0.1) is 0 Å². The molecular weight excluding hydrogens is 296 g/mol. The second kappa shape index (κ2) is 7.40. The molecule has 1 unspecified atom stereocenters. The molecule has 0 saturated carbocycles. The highest BCUT2D eigenvalue weighted by molar-refractivity contribution is 7.07. The molecule has 0 bridgehead atoms. The third-order valence-corrected chi connectivity index (χ3v) is 4.79. The first-order valence-corrected chi connectivity index (χ1v) is 8.39. The lowest BCUT2D eigenvalue weighted by Gasteiger charge is -2.29. The maximum Gasteiger partial charge on any atom is 0.307 e. The van der Waals surface area contributed by atoms with Crippen LogP contribution < -0.4 is 4.87 Å². The quantitative estimate of drug-likeness (QED) is 0.821. The third-order valence-electron chi connectivity index (χ3n) is 3.91. The molecule has 0 aliphatic carbocycles. The number of hydrogen-bond acceptors (Lipinski definition) is 3. The topological polar surface area (TPSA) is 42.3 Å². The Hall–Kier alpha value is -1.88. The lowest BCUT2D eigenvalue weighted by molar-refractivity contribution is -0.134.